The Balaban J connectivity index is 1.52. The molecule has 6 nitrogen and oxygen atoms in total. The van der Waals surface area contributed by atoms with Crippen molar-refractivity contribution in [3.63, 3.8) is 0 Å². The number of halogens is 1. The maximum Gasteiger partial charge on any atom is 0.339 e. The standard InChI is InChI=1S/C23H18BrNO5/c1-25(16-7-3-2-4-8-16)22(26)17-9-5-6-10-18(17)23(27)28-13-15-11-20-21(12-19(15)24)30-14-29-20/h2-12H,13-14H2,1H3. The number of esters is 1. The summed E-state index contributed by atoms with van der Waals surface area (Å²) in [4.78, 5) is 27.3. The normalized spacial score (nSPS) is 11.8. The summed E-state index contributed by atoms with van der Waals surface area (Å²) in [5.74, 6) is 0.365. The van der Waals surface area contributed by atoms with Crippen LogP contribution in [0.4, 0.5) is 5.69 Å². The summed E-state index contributed by atoms with van der Waals surface area (Å²) in [6, 6.07) is 19.4. The van der Waals surface area contributed by atoms with Crippen molar-refractivity contribution >= 4 is 33.5 Å². The fourth-order valence-electron chi connectivity index (χ4n) is 3.09. The van der Waals surface area contributed by atoms with Crippen LogP contribution < -0.4 is 14.4 Å². The molecular weight excluding hydrogens is 450 g/mol. The number of amides is 1. The zero-order valence-corrected chi connectivity index (χ0v) is 17.7. The molecule has 152 valence electrons. The summed E-state index contributed by atoms with van der Waals surface area (Å²) in [5, 5.41) is 0. The first-order chi connectivity index (χ1) is 14.5. The average molecular weight is 468 g/mol. The smallest absolute Gasteiger partial charge is 0.339 e. The first-order valence-corrected chi connectivity index (χ1v) is 10.0. The molecule has 0 N–H and O–H groups in total. The van der Waals surface area contributed by atoms with Crippen LogP contribution in [0.1, 0.15) is 26.3 Å². The van der Waals surface area contributed by atoms with E-state index in [1.54, 1.807) is 43.4 Å². The second-order valence-corrected chi connectivity index (χ2v) is 7.47. The Hall–Kier alpha value is -3.32. The van der Waals surface area contributed by atoms with Gasteiger partial charge in [0, 0.05) is 22.8 Å². The summed E-state index contributed by atoms with van der Waals surface area (Å²) >= 11 is 3.45. The molecule has 0 atom stereocenters. The second kappa shape index (κ2) is 8.59. The number of ether oxygens (including phenoxy) is 3. The van der Waals surface area contributed by atoms with Crippen LogP contribution in [0.2, 0.25) is 0 Å². The van der Waals surface area contributed by atoms with Crippen molar-refractivity contribution < 1.29 is 23.8 Å². The molecule has 30 heavy (non-hydrogen) atoms. The third kappa shape index (κ3) is 4.02. The summed E-state index contributed by atoms with van der Waals surface area (Å²) in [5.41, 5.74) is 1.95. The van der Waals surface area contributed by atoms with Gasteiger partial charge >= 0.3 is 5.97 Å². The summed E-state index contributed by atoms with van der Waals surface area (Å²) < 4.78 is 16.9. The Kier molecular flexibility index (Phi) is 5.72. The number of anilines is 1. The van der Waals surface area contributed by atoms with Crippen LogP contribution in [0, 0.1) is 0 Å². The van der Waals surface area contributed by atoms with Crippen molar-refractivity contribution in [1.29, 1.82) is 0 Å². The van der Waals surface area contributed by atoms with Gasteiger partial charge in [0.05, 0.1) is 11.1 Å². The van der Waals surface area contributed by atoms with Crippen molar-refractivity contribution in [2.24, 2.45) is 0 Å². The lowest BCUT2D eigenvalue weighted by Gasteiger charge is -2.19. The Morgan fingerprint density at radius 3 is 2.33 bits per heavy atom. The highest BCUT2D eigenvalue weighted by Crippen LogP contribution is 2.37. The minimum atomic E-state index is -0.579. The molecule has 0 saturated heterocycles. The molecule has 0 aliphatic carbocycles. The molecule has 0 spiro atoms. The quantitative estimate of drug-likeness (QED) is 0.503. The largest absolute Gasteiger partial charge is 0.457 e. The Morgan fingerprint density at radius 1 is 0.967 bits per heavy atom. The van der Waals surface area contributed by atoms with E-state index in [1.165, 1.54) is 4.90 Å². The van der Waals surface area contributed by atoms with E-state index >= 15 is 0 Å². The zero-order chi connectivity index (χ0) is 21.1. The SMILES string of the molecule is CN(C(=O)c1ccccc1C(=O)OCc1cc2c(cc1Br)OCO2)c1ccccc1. The summed E-state index contributed by atoms with van der Waals surface area (Å²) in [6.07, 6.45) is 0. The van der Waals surface area contributed by atoms with Crippen molar-refractivity contribution in [3.05, 3.63) is 87.9 Å². The third-order valence-electron chi connectivity index (χ3n) is 4.73. The lowest BCUT2D eigenvalue weighted by atomic mass is 10.1. The maximum absolute atomic E-state index is 13.0. The lowest BCUT2D eigenvalue weighted by Crippen LogP contribution is -2.28. The summed E-state index contributed by atoms with van der Waals surface area (Å²) in [6.45, 7) is 0.183. The van der Waals surface area contributed by atoms with Gasteiger partial charge in [0.25, 0.3) is 5.91 Å². The van der Waals surface area contributed by atoms with E-state index < -0.39 is 5.97 Å². The third-order valence-corrected chi connectivity index (χ3v) is 5.46. The van der Waals surface area contributed by atoms with E-state index in [9.17, 15) is 9.59 Å². The molecule has 0 unspecified atom stereocenters. The van der Waals surface area contributed by atoms with E-state index in [0.29, 0.717) is 11.5 Å². The van der Waals surface area contributed by atoms with Crippen LogP contribution in [0.15, 0.2) is 71.2 Å². The highest BCUT2D eigenvalue weighted by atomic mass is 79.9. The fraction of sp³-hybridized carbons (Fsp3) is 0.130. The number of para-hydroxylation sites is 1. The number of nitrogens with zero attached hydrogens (tertiary/aromatic N) is 1. The molecule has 0 bridgehead atoms. The predicted molar refractivity (Wildman–Crippen MR) is 115 cm³/mol. The molecule has 1 heterocycles. The molecule has 0 aromatic heterocycles. The molecule has 1 amide bonds. The van der Waals surface area contributed by atoms with Gasteiger partial charge in [0.15, 0.2) is 11.5 Å². The van der Waals surface area contributed by atoms with Gasteiger partial charge in [-0.05, 0) is 36.4 Å². The molecular formula is C23H18BrNO5. The van der Waals surface area contributed by atoms with Crippen molar-refractivity contribution in [2.45, 2.75) is 6.61 Å². The average Bonchev–Trinajstić information content (AvgIpc) is 3.24. The van der Waals surface area contributed by atoms with Crippen molar-refractivity contribution in [2.75, 3.05) is 18.7 Å². The van der Waals surface area contributed by atoms with E-state index in [0.717, 1.165) is 15.7 Å². The van der Waals surface area contributed by atoms with Gasteiger partial charge in [0.2, 0.25) is 6.79 Å². The molecule has 0 saturated carbocycles. The van der Waals surface area contributed by atoms with Crippen LogP contribution in [0.5, 0.6) is 11.5 Å². The van der Waals surface area contributed by atoms with Gasteiger partial charge in [0.1, 0.15) is 6.61 Å². The van der Waals surface area contributed by atoms with Gasteiger partial charge in [-0.1, -0.05) is 46.3 Å². The van der Waals surface area contributed by atoms with Crippen LogP contribution >= 0.6 is 15.9 Å². The van der Waals surface area contributed by atoms with Crippen molar-refractivity contribution in [1.82, 2.24) is 0 Å². The minimum absolute atomic E-state index is 0.0209. The number of hydrogen-bond acceptors (Lipinski definition) is 5. The van der Waals surface area contributed by atoms with E-state index in [2.05, 4.69) is 15.9 Å². The molecule has 1 aliphatic rings. The van der Waals surface area contributed by atoms with Crippen molar-refractivity contribution in [3.8, 4) is 11.5 Å². The topological polar surface area (TPSA) is 65.1 Å². The monoisotopic (exact) mass is 467 g/mol. The van der Waals surface area contributed by atoms with Gasteiger partial charge < -0.3 is 19.1 Å². The van der Waals surface area contributed by atoms with Gasteiger partial charge in [-0.15, -0.1) is 0 Å². The first kappa shape index (κ1) is 20.0. The highest BCUT2D eigenvalue weighted by molar-refractivity contribution is 9.10. The van der Waals surface area contributed by atoms with Crippen LogP contribution in [-0.2, 0) is 11.3 Å². The lowest BCUT2D eigenvalue weighted by molar-refractivity contribution is 0.0468. The van der Waals surface area contributed by atoms with Crippen LogP contribution in [0.3, 0.4) is 0 Å². The fourth-order valence-corrected chi connectivity index (χ4v) is 3.52. The number of carbonyl (C=O) groups is 2. The molecule has 7 heteroatoms. The number of hydrogen-bond donors (Lipinski definition) is 0. The highest BCUT2D eigenvalue weighted by Gasteiger charge is 2.22. The van der Waals surface area contributed by atoms with E-state index in [-0.39, 0.29) is 30.4 Å². The van der Waals surface area contributed by atoms with Crippen LogP contribution in [0.25, 0.3) is 0 Å². The molecule has 0 fully saturated rings. The number of carbonyl (C=O) groups excluding carboxylic acids is 2. The molecule has 3 aromatic carbocycles. The molecule has 3 aromatic rings. The molecule has 4 rings (SSSR count). The molecule has 0 radical (unpaired) electrons. The van der Waals surface area contributed by atoms with E-state index in [4.69, 9.17) is 14.2 Å². The maximum atomic E-state index is 13.0. The van der Waals surface area contributed by atoms with Gasteiger partial charge in [-0.2, -0.15) is 0 Å². The van der Waals surface area contributed by atoms with E-state index in [1.807, 2.05) is 30.3 Å². The number of benzene rings is 3. The predicted octanol–water partition coefficient (Wildman–Crippen LogP) is 4.81. The first-order valence-electron chi connectivity index (χ1n) is 9.22. The molecule has 1 aliphatic heterocycles. The minimum Gasteiger partial charge on any atom is -0.457 e. The summed E-state index contributed by atoms with van der Waals surface area (Å²) in [7, 11) is 1.67. The zero-order valence-electron chi connectivity index (χ0n) is 16.1. The number of rotatable bonds is 5. The van der Waals surface area contributed by atoms with Gasteiger partial charge in [-0.3, -0.25) is 4.79 Å². The number of fused-ring (bicyclic) bond motifs is 1. The Labute approximate surface area is 182 Å². The van der Waals surface area contributed by atoms with Crippen LogP contribution in [-0.4, -0.2) is 25.7 Å². The second-order valence-electron chi connectivity index (χ2n) is 6.62. The van der Waals surface area contributed by atoms with Gasteiger partial charge in [-0.25, -0.2) is 4.79 Å². The Morgan fingerprint density at radius 2 is 1.60 bits per heavy atom. The Bertz CT molecular complexity index is 1100.